The van der Waals surface area contributed by atoms with E-state index in [1.54, 1.807) is 0 Å². The molecule has 14 heavy (non-hydrogen) atoms. The van der Waals surface area contributed by atoms with Gasteiger partial charge in [-0.15, -0.1) is 0 Å². The zero-order valence-electron chi connectivity index (χ0n) is 10.3. The molecule has 2 nitrogen and oxygen atoms in total. The van der Waals surface area contributed by atoms with Crippen molar-refractivity contribution in [3.63, 3.8) is 0 Å². The molecule has 2 heteroatoms. The number of ether oxygens (including phenoxy) is 1. The van der Waals surface area contributed by atoms with Crippen LogP contribution in [0.5, 0.6) is 0 Å². The third-order valence-electron chi connectivity index (χ3n) is 3.02. The van der Waals surface area contributed by atoms with E-state index in [1.807, 2.05) is 6.92 Å². The van der Waals surface area contributed by atoms with Crippen molar-refractivity contribution < 1.29 is 4.74 Å². The lowest BCUT2D eigenvalue weighted by atomic mass is 9.92. The molecule has 0 saturated carbocycles. The number of hydrogen-bond acceptors (Lipinski definition) is 2. The smallest absolute Gasteiger partial charge is 0.0723 e. The van der Waals surface area contributed by atoms with Crippen LogP contribution in [0.2, 0.25) is 0 Å². The molecule has 2 N–H and O–H groups in total. The second-order valence-corrected chi connectivity index (χ2v) is 3.98. The van der Waals surface area contributed by atoms with Gasteiger partial charge in [0, 0.05) is 12.6 Å². The summed E-state index contributed by atoms with van der Waals surface area (Å²) in [5.41, 5.74) is 6.14. The first-order chi connectivity index (χ1) is 6.69. The average Bonchev–Trinajstić information content (AvgIpc) is 2.22. The van der Waals surface area contributed by atoms with Gasteiger partial charge < -0.3 is 10.5 Å². The summed E-state index contributed by atoms with van der Waals surface area (Å²) in [5, 5.41) is 0. The van der Waals surface area contributed by atoms with Crippen LogP contribution in [0, 0.1) is 5.92 Å². The summed E-state index contributed by atoms with van der Waals surface area (Å²) in [5.74, 6) is 0.763. The van der Waals surface area contributed by atoms with E-state index in [4.69, 9.17) is 10.5 Å². The van der Waals surface area contributed by atoms with Crippen LogP contribution in [0.15, 0.2) is 0 Å². The highest BCUT2D eigenvalue weighted by atomic mass is 16.5. The summed E-state index contributed by atoms with van der Waals surface area (Å²) < 4.78 is 5.62. The van der Waals surface area contributed by atoms with Crippen LogP contribution in [0.25, 0.3) is 0 Å². The van der Waals surface area contributed by atoms with Gasteiger partial charge in [0.15, 0.2) is 0 Å². The molecule has 0 aliphatic carbocycles. The summed E-state index contributed by atoms with van der Waals surface area (Å²) >= 11 is 0. The lowest BCUT2D eigenvalue weighted by Gasteiger charge is -2.25. The van der Waals surface area contributed by atoms with E-state index in [9.17, 15) is 0 Å². The summed E-state index contributed by atoms with van der Waals surface area (Å²) in [6, 6.07) is 0.213. The van der Waals surface area contributed by atoms with Crippen LogP contribution in [0.1, 0.15) is 53.4 Å². The van der Waals surface area contributed by atoms with Gasteiger partial charge >= 0.3 is 0 Å². The minimum absolute atomic E-state index is 0.213. The van der Waals surface area contributed by atoms with Gasteiger partial charge in [-0.2, -0.15) is 0 Å². The monoisotopic (exact) mass is 201 g/mol. The van der Waals surface area contributed by atoms with Crippen molar-refractivity contribution in [3.05, 3.63) is 0 Å². The summed E-state index contributed by atoms with van der Waals surface area (Å²) in [7, 11) is 0. The largest absolute Gasteiger partial charge is 0.377 e. The first-order valence-electron chi connectivity index (χ1n) is 6.06. The van der Waals surface area contributed by atoms with Crippen LogP contribution >= 0.6 is 0 Å². The molecule has 0 rings (SSSR count). The van der Waals surface area contributed by atoms with E-state index in [2.05, 4.69) is 20.8 Å². The summed E-state index contributed by atoms with van der Waals surface area (Å²) in [6.07, 6.45) is 4.83. The second-order valence-electron chi connectivity index (χ2n) is 3.98. The Kier molecular flexibility index (Phi) is 8.20. The molecule has 0 aromatic rings. The molecule has 2 atom stereocenters. The maximum atomic E-state index is 6.14. The van der Waals surface area contributed by atoms with Gasteiger partial charge in [-0.05, 0) is 25.7 Å². The molecule has 0 aromatic heterocycles. The van der Waals surface area contributed by atoms with Crippen molar-refractivity contribution in [3.8, 4) is 0 Å². The average molecular weight is 201 g/mol. The fraction of sp³-hybridized carbons (Fsp3) is 1.00. The molecule has 86 valence electrons. The Morgan fingerprint density at radius 2 is 1.57 bits per heavy atom. The predicted octanol–water partition coefficient (Wildman–Crippen LogP) is 2.96. The molecule has 0 heterocycles. The molecular formula is C12H27NO. The Morgan fingerprint density at radius 1 is 1.00 bits per heavy atom. The van der Waals surface area contributed by atoms with Crippen LogP contribution in [0.4, 0.5) is 0 Å². The lowest BCUT2D eigenvalue weighted by molar-refractivity contribution is 0.0354. The Labute approximate surface area is 89.2 Å². The Bertz CT molecular complexity index is 123. The zero-order chi connectivity index (χ0) is 11.0. The Balaban J connectivity index is 3.94. The normalized spacial score (nSPS) is 15.9. The Hall–Kier alpha value is -0.0800. The molecule has 0 amide bonds. The Morgan fingerprint density at radius 3 is 1.93 bits per heavy atom. The highest BCUT2D eigenvalue weighted by Crippen LogP contribution is 2.17. The minimum atomic E-state index is 0.213. The predicted molar refractivity (Wildman–Crippen MR) is 62.4 cm³/mol. The van der Waals surface area contributed by atoms with E-state index in [1.165, 1.54) is 12.8 Å². The van der Waals surface area contributed by atoms with Crippen molar-refractivity contribution >= 4 is 0 Å². The molecule has 0 aliphatic heterocycles. The van der Waals surface area contributed by atoms with E-state index in [0.717, 1.165) is 25.4 Å². The maximum Gasteiger partial charge on any atom is 0.0723 e. The second kappa shape index (κ2) is 8.25. The van der Waals surface area contributed by atoms with Crippen molar-refractivity contribution in [2.45, 2.75) is 65.5 Å². The SMILES string of the molecule is CCOC(CC)C(N)CC(CC)CC. The standard InChI is InChI=1S/C12H27NO/c1-5-10(6-2)9-11(13)12(7-3)14-8-4/h10-12H,5-9,13H2,1-4H3. The molecule has 0 aliphatic rings. The quantitative estimate of drug-likeness (QED) is 0.655. The molecule has 0 radical (unpaired) electrons. The third-order valence-corrected chi connectivity index (χ3v) is 3.02. The lowest BCUT2D eigenvalue weighted by Crippen LogP contribution is -2.38. The highest BCUT2D eigenvalue weighted by molar-refractivity contribution is 4.75. The summed E-state index contributed by atoms with van der Waals surface area (Å²) in [4.78, 5) is 0. The minimum Gasteiger partial charge on any atom is -0.377 e. The number of hydrogen-bond donors (Lipinski definition) is 1. The van der Waals surface area contributed by atoms with Gasteiger partial charge in [0.25, 0.3) is 0 Å². The van der Waals surface area contributed by atoms with Gasteiger partial charge in [-0.3, -0.25) is 0 Å². The van der Waals surface area contributed by atoms with Crippen molar-refractivity contribution in [2.75, 3.05) is 6.61 Å². The van der Waals surface area contributed by atoms with Crippen molar-refractivity contribution in [1.29, 1.82) is 0 Å². The summed E-state index contributed by atoms with van der Waals surface area (Å²) in [6.45, 7) is 9.43. The fourth-order valence-corrected chi connectivity index (χ4v) is 1.92. The zero-order valence-corrected chi connectivity index (χ0v) is 10.3. The first-order valence-corrected chi connectivity index (χ1v) is 6.06. The number of rotatable bonds is 8. The van der Waals surface area contributed by atoms with Crippen molar-refractivity contribution in [2.24, 2.45) is 11.7 Å². The molecule has 2 unspecified atom stereocenters. The van der Waals surface area contributed by atoms with Crippen molar-refractivity contribution in [1.82, 2.24) is 0 Å². The van der Waals surface area contributed by atoms with Gasteiger partial charge in [-0.1, -0.05) is 33.6 Å². The van der Waals surface area contributed by atoms with Crippen LogP contribution in [-0.2, 0) is 4.74 Å². The molecule has 0 saturated heterocycles. The van der Waals surface area contributed by atoms with Gasteiger partial charge in [0.05, 0.1) is 6.10 Å². The van der Waals surface area contributed by atoms with E-state index in [0.29, 0.717) is 0 Å². The molecule has 0 spiro atoms. The van der Waals surface area contributed by atoms with Gasteiger partial charge in [0.2, 0.25) is 0 Å². The highest BCUT2D eigenvalue weighted by Gasteiger charge is 2.18. The topological polar surface area (TPSA) is 35.2 Å². The third kappa shape index (κ3) is 4.97. The molecule has 0 aromatic carbocycles. The van der Waals surface area contributed by atoms with E-state index >= 15 is 0 Å². The van der Waals surface area contributed by atoms with Gasteiger partial charge in [0.1, 0.15) is 0 Å². The first kappa shape index (κ1) is 13.9. The fourth-order valence-electron chi connectivity index (χ4n) is 1.92. The molecule has 0 bridgehead atoms. The number of nitrogens with two attached hydrogens (primary N) is 1. The van der Waals surface area contributed by atoms with E-state index < -0.39 is 0 Å². The van der Waals surface area contributed by atoms with E-state index in [-0.39, 0.29) is 12.1 Å². The van der Waals surface area contributed by atoms with Crippen LogP contribution < -0.4 is 5.73 Å². The van der Waals surface area contributed by atoms with Gasteiger partial charge in [-0.25, -0.2) is 0 Å². The van der Waals surface area contributed by atoms with Crippen LogP contribution in [-0.4, -0.2) is 18.8 Å². The van der Waals surface area contributed by atoms with Crippen LogP contribution in [0.3, 0.4) is 0 Å². The maximum absolute atomic E-state index is 6.14. The molecule has 0 fully saturated rings. The molecular weight excluding hydrogens is 174 g/mol.